The van der Waals surface area contributed by atoms with Gasteiger partial charge in [-0.05, 0) is 33.6 Å². The molecule has 1 aliphatic rings. The number of nitrogens with zero attached hydrogens (tertiary/aromatic N) is 1. The first kappa shape index (κ1) is 15.2. The van der Waals surface area contributed by atoms with Gasteiger partial charge in [0.15, 0.2) is 0 Å². The molecule has 1 heterocycles. The predicted octanol–water partition coefficient (Wildman–Crippen LogP) is 2.00. The Kier molecular flexibility index (Phi) is 5.31. The fourth-order valence-electron chi connectivity index (χ4n) is 2.90. The van der Waals surface area contributed by atoms with Crippen molar-refractivity contribution in [1.82, 2.24) is 15.3 Å². The number of aryl methyl sites for hydroxylation is 2. The molecule has 0 aromatic carbocycles. The Morgan fingerprint density at radius 1 is 1.40 bits per heavy atom. The van der Waals surface area contributed by atoms with Gasteiger partial charge in [0, 0.05) is 18.3 Å². The predicted molar refractivity (Wildman–Crippen MR) is 79.0 cm³/mol. The molecule has 0 radical (unpaired) electrons. The van der Waals surface area contributed by atoms with Gasteiger partial charge in [-0.1, -0.05) is 12.8 Å². The van der Waals surface area contributed by atoms with E-state index in [1.54, 1.807) is 6.92 Å². The third-order valence-electron chi connectivity index (χ3n) is 3.91. The summed E-state index contributed by atoms with van der Waals surface area (Å²) in [4.78, 5) is 19.1. The van der Waals surface area contributed by atoms with E-state index in [2.05, 4.69) is 15.3 Å². The summed E-state index contributed by atoms with van der Waals surface area (Å²) in [6.07, 6.45) is 5.40. The van der Waals surface area contributed by atoms with E-state index in [4.69, 9.17) is 4.74 Å². The Labute approximate surface area is 120 Å². The van der Waals surface area contributed by atoms with E-state index in [9.17, 15) is 4.79 Å². The highest BCUT2D eigenvalue weighted by molar-refractivity contribution is 5.19. The lowest BCUT2D eigenvalue weighted by molar-refractivity contribution is 0.0593. The molecule has 0 amide bonds. The highest BCUT2D eigenvalue weighted by atomic mass is 16.5. The molecule has 2 rings (SSSR count). The van der Waals surface area contributed by atoms with E-state index >= 15 is 0 Å². The lowest BCUT2D eigenvalue weighted by Crippen LogP contribution is -2.30. The van der Waals surface area contributed by atoms with Gasteiger partial charge in [-0.2, -0.15) is 0 Å². The maximum atomic E-state index is 12.0. The van der Waals surface area contributed by atoms with Crippen molar-refractivity contribution in [3.05, 3.63) is 27.4 Å². The van der Waals surface area contributed by atoms with Crippen molar-refractivity contribution < 1.29 is 4.74 Å². The monoisotopic (exact) mass is 279 g/mol. The molecule has 5 nitrogen and oxygen atoms in total. The molecule has 0 saturated heterocycles. The molecule has 1 atom stereocenters. The summed E-state index contributed by atoms with van der Waals surface area (Å²) in [7, 11) is 0. The molecule has 1 aliphatic carbocycles. The van der Waals surface area contributed by atoms with Crippen molar-refractivity contribution in [1.29, 1.82) is 0 Å². The fraction of sp³-hybridized carbons (Fsp3) is 0.733. The van der Waals surface area contributed by atoms with Gasteiger partial charge in [-0.15, -0.1) is 0 Å². The van der Waals surface area contributed by atoms with Gasteiger partial charge in [0.1, 0.15) is 5.82 Å². The number of hydrogen-bond donors (Lipinski definition) is 2. The van der Waals surface area contributed by atoms with Crippen LogP contribution in [-0.4, -0.2) is 29.2 Å². The zero-order valence-electron chi connectivity index (χ0n) is 12.7. The van der Waals surface area contributed by atoms with Crippen LogP contribution in [0.4, 0.5) is 0 Å². The Bertz CT molecular complexity index is 492. The maximum Gasteiger partial charge on any atom is 0.255 e. The Morgan fingerprint density at radius 3 is 2.75 bits per heavy atom. The number of aromatic nitrogens is 2. The van der Waals surface area contributed by atoms with Crippen LogP contribution >= 0.6 is 0 Å². The van der Waals surface area contributed by atoms with Gasteiger partial charge in [0.2, 0.25) is 0 Å². The van der Waals surface area contributed by atoms with Crippen LogP contribution in [0.25, 0.3) is 0 Å². The van der Waals surface area contributed by atoms with E-state index < -0.39 is 0 Å². The van der Waals surface area contributed by atoms with Crippen LogP contribution < -0.4 is 10.9 Å². The fourth-order valence-corrected chi connectivity index (χ4v) is 2.90. The largest absolute Gasteiger partial charge is 0.377 e. The lowest BCUT2D eigenvalue weighted by Gasteiger charge is -2.17. The molecule has 0 aliphatic heterocycles. The minimum absolute atomic E-state index is 0.0148. The molecule has 1 fully saturated rings. The summed E-state index contributed by atoms with van der Waals surface area (Å²) in [5, 5.41) is 3.34. The number of hydrogen-bond acceptors (Lipinski definition) is 4. The van der Waals surface area contributed by atoms with E-state index in [0.717, 1.165) is 17.8 Å². The Hall–Kier alpha value is -1.20. The molecular weight excluding hydrogens is 254 g/mol. The molecule has 1 aromatic rings. The second kappa shape index (κ2) is 6.99. The van der Waals surface area contributed by atoms with Crippen LogP contribution in [0.1, 0.15) is 55.7 Å². The zero-order valence-corrected chi connectivity index (χ0v) is 12.7. The van der Waals surface area contributed by atoms with Crippen LogP contribution in [-0.2, 0) is 4.74 Å². The van der Waals surface area contributed by atoms with Gasteiger partial charge in [0.25, 0.3) is 5.56 Å². The smallest absolute Gasteiger partial charge is 0.255 e. The Balaban J connectivity index is 1.82. The summed E-state index contributed by atoms with van der Waals surface area (Å²) >= 11 is 0. The number of aromatic amines is 1. The molecule has 5 heteroatoms. The molecule has 20 heavy (non-hydrogen) atoms. The highest BCUT2D eigenvalue weighted by Crippen LogP contribution is 2.20. The topological polar surface area (TPSA) is 67.0 Å². The van der Waals surface area contributed by atoms with Crippen molar-refractivity contribution in [3.8, 4) is 0 Å². The molecule has 2 N–H and O–H groups in total. The van der Waals surface area contributed by atoms with E-state index in [-0.39, 0.29) is 11.6 Å². The summed E-state index contributed by atoms with van der Waals surface area (Å²) in [6, 6.07) is -0.0148. The van der Waals surface area contributed by atoms with Crippen molar-refractivity contribution >= 4 is 0 Å². The summed E-state index contributed by atoms with van der Waals surface area (Å²) in [5.74, 6) is 0.660. The SMILES string of the molecule is Cc1nc(C)c(C(C)NCCOC2CCCC2)c(=O)[nH]1. The van der Waals surface area contributed by atoms with Crippen molar-refractivity contribution in [2.75, 3.05) is 13.2 Å². The van der Waals surface area contributed by atoms with Gasteiger partial charge in [0.05, 0.1) is 18.3 Å². The average Bonchev–Trinajstić information content (AvgIpc) is 2.86. The lowest BCUT2D eigenvalue weighted by atomic mass is 10.1. The first-order valence-electron chi connectivity index (χ1n) is 7.50. The molecule has 0 spiro atoms. The molecular formula is C15H25N3O2. The molecule has 112 valence electrons. The van der Waals surface area contributed by atoms with Crippen molar-refractivity contribution in [2.45, 2.75) is 58.6 Å². The molecule has 1 aromatic heterocycles. The average molecular weight is 279 g/mol. The minimum atomic E-state index is -0.0493. The number of ether oxygens (including phenoxy) is 1. The Morgan fingerprint density at radius 2 is 2.10 bits per heavy atom. The van der Waals surface area contributed by atoms with E-state index in [1.807, 2.05) is 13.8 Å². The molecule has 1 saturated carbocycles. The summed E-state index contributed by atoms with van der Waals surface area (Å²) < 4.78 is 5.80. The quantitative estimate of drug-likeness (QED) is 0.782. The second-order valence-corrected chi connectivity index (χ2v) is 5.60. The summed E-state index contributed by atoms with van der Waals surface area (Å²) in [6.45, 7) is 7.12. The van der Waals surface area contributed by atoms with Crippen molar-refractivity contribution in [3.63, 3.8) is 0 Å². The highest BCUT2D eigenvalue weighted by Gasteiger charge is 2.16. The van der Waals surface area contributed by atoms with Gasteiger partial charge < -0.3 is 15.0 Å². The minimum Gasteiger partial charge on any atom is -0.377 e. The first-order chi connectivity index (χ1) is 9.58. The van der Waals surface area contributed by atoms with Gasteiger partial charge in [-0.3, -0.25) is 4.79 Å². The van der Waals surface area contributed by atoms with Crippen molar-refractivity contribution in [2.24, 2.45) is 0 Å². The molecule has 1 unspecified atom stereocenters. The first-order valence-corrected chi connectivity index (χ1v) is 7.50. The van der Waals surface area contributed by atoms with E-state index in [1.165, 1.54) is 25.7 Å². The maximum absolute atomic E-state index is 12.0. The summed E-state index contributed by atoms with van der Waals surface area (Å²) in [5.41, 5.74) is 1.46. The standard InChI is InChI=1S/C15H25N3O2/c1-10(14-11(2)17-12(3)18-15(14)19)16-8-9-20-13-6-4-5-7-13/h10,13,16H,4-9H2,1-3H3,(H,17,18,19). The van der Waals surface area contributed by atoms with Gasteiger partial charge in [-0.25, -0.2) is 4.98 Å². The number of nitrogens with one attached hydrogen (secondary N) is 2. The van der Waals surface area contributed by atoms with Crippen LogP contribution in [0.5, 0.6) is 0 Å². The number of rotatable bonds is 6. The van der Waals surface area contributed by atoms with Crippen LogP contribution in [0.2, 0.25) is 0 Å². The van der Waals surface area contributed by atoms with E-state index in [0.29, 0.717) is 18.5 Å². The van der Waals surface area contributed by atoms with Crippen LogP contribution in [0, 0.1) is 13.8 Å². The van der Waals surface area contributed by atoms with Crippen LogP contribution in [0.3, 0.4) is 0 Å². The third kappa shape index (κ3) is 3.90. The van der Waals surface area contributed by atoms with Crippen LogP contribution in [0.15, 0.2) is 4.79 Å². The number of H-pyrrole nitrogens is 1. The second-order valence-electron chi connectivity index (χ2n) is 5.60. The van der Waals surface area contributed by atoms with Gasteiger partial charge >= 0.3 is 0 Å². The zero-order chi connectivity index (χ0) is 14.5. The third-order valence-corrected chi connectivity index (χ3v) is 3.91. The normalized spacial score (nSPS) is 17.6. The molecule has 0 bridgehead atoms.